The molecule has 0 saturated heterocycles. The molecule has 0 spiro atoms. The van der Waals surface area contributed by atoms with Gasteiger partial charge in [-0.15, -0.1) is 0 Å². The fraction of sp³-hybridized carbons (Fsp3) is 0.0435. The maximum Gasteiger partial charge on any atom is 0.272 e. The monoisotopic (exact) mass is 397 g/mol. The highest BCUT2D eigenvalue weighted by molar-refractivity contribution is 5.95. The van der Waals surface area contributed by atoms with Gasteiger partial charge in [-0.1, -0.05) is 18.2 Å². The summed E-state index contributed by atoms with van der Waals surface area (Å²) in [4.78, 5) is 16.1. The third kappa shape index (κ3) is 4.25. The first-order valence-electron chi connectivity index (χ1n) is 9.27. The molecule has 0 saturated carbocycles. The fourth-order valence-electron chi connectivity index (χ4n) is 2.89. The van der Waals surface area contributed by atoms with Crippen LogP contribution in [0.15, 0.2) is 90.4 Å². The first-order valence-corrected chi connectivity index (χ1v) is 9.27. The van der Waals surface area contributed by atoms with Gasteiger partial charge in [0.1, 0.15) is 11.4 Å². The summed E-state index contributed by atoms with van der Waals surface area (Å²) in [7, 11) is 1.63. The average Bonchev–Trinajstić information content (AvgIpc) is 3.24. The van der Waals surface area contributed by atoms with Crippen molar-refractivity contribution >= 4 is 12.1 Å². The van der Waals surface area contributed by atoms with Crippen LogP contribution in [-0.2, 0) is 0 Å². The molecule has 1 N–H and O–H groups in total. The molecule has 0 aliphatic carbocycles. The van der Waals surface area contributed by atoms with Crippen LogP contribution in [0.1, 0.15) is 15.9 Å². The van der Waals surface area contributed by atoms with Crippen molar-refractivity contribution in [2.45, 2.75) is 0 Å². The lowest BCUT2D eigenvalue weighted by molar-refractivity contribution is 0.0955. The Hall–Kier alpha value is -4.26. The Kier molecular flexibility index (Phi) is 5.61. The molecule has 4 aromatic rings. The maximum absolute atomic E-state index is 12.2. The summed E-state index contributed by atoms with van der Waals surface area (Å²) < 4.78 is 7.02. The summed E-state index contributed by atoms with van der Waals surface area (Å²) in [6, 6.07) is 20.8. The molecule has 148 valence electrons. The van der Waals surface area contributed by atoms with Gasteiger partial charge in [-0.05, 0) is 48.5 Å². The summed E-state index contributed by atoms with van der Waals surface area (Å²) in [5, 5.41) is 8.84. The van der Waals surface area contributed by atoms with Gasteiger partial charge in [0, 0.05) is 29.7 Å². The molecule has 2 aromatic carbocycles. The van der Waals surface area contributed by atoms with Crippen LogP contribution in [-0.4, -0.2) is 34.0 Å². The van der Waals surface area contributed by atoms with Gasteiger partial charge in [0.25, 0.3) is 5.91 Å². The van der Waals surface area contributed by atoms with Crippen LogP contribution >= 0.6 is 0 Å². The minimum atomic E-state index is -0.333. The standard InChI is InChI=1S/C23H19N5O2/c1-30-21-11-9-17(10-12-21)22-19(16-28(27-22)20-7-3-2-4-8-20)15-25-26-23(29)18-6-5-13-24-14-18/h2-16H,1H3,(H,26,29). The van der Waals surface area contributed by atoms with E-state index in [4.69, 9.17) is 9.84 Å². The summed E-state index contributed by atoms with van der Waals surface area (Å²) in [5.74, 6) is 0.431. The van der Waals surface area contributed by atoms with Gasteiger partial charge in [0.2, 0.25) is 0 Å². The summed E-state index contributed by atoms with van der Waals surface area (Å²) in [6.45, 7) is 0. The lowest BCUT2D eigenvalue weighted by Gasteiger charge is -2.02. The van der Waals surface area contributed by atoms with E-state index in [1.54, 1.807) is 36.3 Å². The van der Waals surface area contributed by atoms with Crippen LogP contribution in [0.5, 0.6) is 5.75 Å². The Morgan fingerprint density at radius 1 is 1.07 bits per heavy atom. The Morgan fingerprint density at radius 3 is 2.57 bits per heavy atom. The highest BCUT2D eigenvalue weighted by Crippen LogP contribution is 2.25. The molecule has 0 bridgehead atoms. The summed E-state index contributed by atoms with van der Waals surface area (Å²) in [6.07, 6.45) is 6.55. The predicted molar refractivity (Wildman–Crippen MR) is 115 cm³/mol. The van der Waals surface area contributed by atoms with E-state index in [-0.39, 0.29) is 5.91 Å². The van der Waals surface area contributed by atoms with Gasteiger partial charge in [-0.2, -0.15) is 10.2 Å². The lowest BCUT2D eigenvalue weighted by atomic mass is 10.1. The van der Waals surface area contributed by atoms with Crippen LogP contribution in [0.25, 0.3) is 16.9 Å². The number of nitrogens with one attached hydrogen (secondary N) is 1. The van der Waals surface area contributed by atoms with E-state index in [1.165, 1.54) is 6.20 Å². The number of benzene rings is 2. The number of pyridine rings is 1. The van der Waals surface area contributed by atoms with Crippen LogP contribution in [0, 0.1) is 0 Å². The molecule has 2 heterocycles. The zero-order chi connectivity index (χ0) is 20.8. The minimum absolute atomic E-state index is 0.333. The number of hydrogen-bond acceptors (Lipinski definition) is 5. The molecular weight excluding hydrogens is 378 g/mol. The van der Waals surface area contributed by atoms with E-state index < -0.39 is 0 Å². The van der Waals surface area contributed by atoms with Gasteiger partial charge in [-0.25, -0.2) is 10.1 Å². The quantitative estimate of drug-likeness (QED) is 0.397. The smallest absolute Gasteiger partial charge is 0.272 e. The molecule has 0 fully saturated rings. The van der Waals surface area contributed by atoms with Gasteiger partial charge >= 0.3 is 0 Å². The largest absolute Gasteiger partial charge is 0.497 e. The van der Waals surface area contributed by atoms with Crippen LogP contribution in [0.2, 0.25) is 0 Å². The second-order valence-electron chi connectivity index (χ2n) is 6.38. The van der Waals surface area contributed by atoms with Crippen molar-refractivity contribution in [2.75, 3.05) is 7.11 Å². The number of rotatable bonds is 6. The molecule has 0 atom stereocenters. The van der Waals surface area contributed by atoms with E-state index in [0.717, 1.165) is 28.3 Å². The Labute approximate surface area is 173 Å². The van der Waals surface area contributed by atoms with Crippen LogP contribution in [0.3, 0.4) is 0 Å². The van der Waals surface area contributed by atoms with E-state index in [1.807, 2.05) is 60.8 Å². The maximum atomic E-state index is 12.2. The van der Waals surface area contributed by atoms with E-state index in [9.17, 15) is 4.79 Å². The normalized spacial score (nSPS) is 10.8. The van der Waals surface area contributed by atoms with Crippen molar-refractivity contribution in [1.29, 1.82) is 0 Å². The topological polar surface area (TPSA) is 81.4 Å². The van der Waals surface area contributed by atoms with E-state index in [0.29, 0.717) is 5.56 Å². The fourth-order valence-corrected chi connectivity index (χ4v) is 2.89. The number of para-hydroxylation sites is 1. The van der Waals surface area contributed by atoms with Crippen molar-refractivity contribution in [3.8, 4) is 22.7 Å². The third-order valence-electron chi connectivity index (χ3n) is 4.42. The Bertz CT molecular complexity index is 1150. The SMILES string of the molecule is COc1ccc(-c2nn(-c3ccccc3)cc2C=NNC(=O)c2cccnc2)cc1. The molecule has 1 amide bonds. The van der Waals surface area contributed by atoms with Crippen LogP contribution in [0.4, 0.5) is 0 Å². The van der Waals surface area contributed by atoms with Crippen molar-refractivity contribution in [3.05, 3.63) is 96.4 Å². The number of carbonyl (C=O) groups excluding carboxylic acids is 1. The van der Waals surface area contributed by atoms with Gasteiger partial charge < -0.3 is 4.74 Å². The van der Waals surface area contributed by atoms with Gasteiger partial charge in [0.05, 0.1) is 24.6 Å². The first-order chi connectivity index (χ1) is 14.7. The lowest BCUT2D eigenvalue weighted by Crippen LogP contribution is -2.17. The minimum Gasteiger partial charge on any atom is -0.497 e. The second kappa shape index (κ2) is 8.83. The van der Waals surface area contributed by atoms with Gasteiger partial charge in [-0.3, -0.25) is 9.78 Å². The Balaban J connectivity index is 1.64. The number of ether oxygens (including phenoxy) is 1. The third-order valence-corrected chi connectivity index (χ3v) is 4.42. The summed E-state index contributed by atoms with van der Waals surface area (Å²) >= 11 is 0. The number of aromatic nitrogens is 3. The number of amides is 1. The van der Waals surface area contributed by atoms with Crippen molar-refractivity contribution < 1.29 is 9.53 Å². The molecular formula is C23H19N5O2. The molecule has 7 heteroatoms. The van der Waals surface area contributed by atoms with Crippen LogP contribution < -0.4 is 10.2 Å². The number of nitrogens with zero attached hydrogens (tertiary/aromatic N) is 4. The summed E-state index contributed by atoms with van der Waals surface area (Å²) in [5.41, 5.74) is 6.29. The molecule has 30 heavy (non-hydrogen) atoms. The average molecular weight is 397 g/mol. The van der Waals surface area contributed by atoms with Crippen molar-refractivity contribution in [3.63, 3.8) is 0 Å². The highest BCUT2D eigenvalue weighted by Gasteiger charge is 2.12. The number of hydrogen-bond donors (Lipinski definition) is 1. The van der Waals surface area contributed by atoms with Crippen molar-refractivity contribution in [1.82, 2.24) is 20.2 Å². The molecule has 7 nitrogen and oxygen atoms in total. The molecule has 0 radical (unpaired) electrons. The first kappa shape index (κ1) is 19.1. The molecule has 2 aromatic heterocycles. The van der Waals surface area contributed by atoms with Crippen molar-refractivity contribution in [2.24, 2.45) is 5.10 Å². The molecule has 0 aliphatic rings. The number of hydrazone groups is 1. The van der Waals surface area contributed by atoms with E-state index in [2.05, 4.69) is 15.5 Å². The van der Waals surface area contributed by atoms with Gasteiger partial charge in [0.15, 0.2) is 0 Å². The number of methoxy groups -OCH3 is 1. The highest BCUT2D eigenvalue weighted by atomic mass is 16.5. The molecule has 4 rings (SSSR count). The zero-order valence-corrected chi connectivity index (χ0v) is 16.3. The number of carbonyl (C=O) groups is 1. The zero-order valence-electron chi connectivity index (χ0n) is 16.3. The second-order valence-corrected chi connectivity index (χ2v) is 6.38. The Morgan fingerprint density at radius 2 is 1.87 bits per heavy atom. The molecule has 0 unspecified atom stereocenters. The predicted octanol–water partition coefficient (Wildman–Crippen LogP) is 3.71. The van der Waals surface area contributed by atoms with E-state index >= 15 is 0 Å². The molecule has 0 aliphatic heterocycles.